The van der Waals surface area contributed by atoms with Crippen LogP contribution in [0.4, 0.5) is 5.69 Å². The molecular weight excluding hydrogens is 342 g/mol. The molecule has 0 unspecified atom stereocenters. The number of hydrogen-bond acceptors (Lipinski definition) is 4. The zero-order chi connectivity index (χ0) is 14.7. The van der Waals surface area contributed by atoms with E-state index in [1.807, 2.05) is 12.1 Å². The normalized spacial score (nSPS) is 10.1. The van der Waals surface area contributed by atoms with E-state index in [-0.39, 0.29) is 11.5 Å². The van der Waals surface area contributed by atoms with Crippen LogP contribution in [0.1, 0.15) is 5.56 Å². The van der Waals surface area contributed by atoms with Crippen molar-refractivity contribution < 1.29 is 14.9 Å². The second-order valence-electron chi connectivity index (χ2n) is 4.00. The van der Waals surface area contributed by atoms with E-state index in [0.717, 1.165) is 11.4 Å². The molecular formula is C14H12BrNO3S. The van der Waals surface area contributed by atoms with Crippen LogP contribution in [-0.2, 0) is 0 Å². The number of aromatic hydroxyl groups is 2. The lowest BCUT2D eigenvalue weighted by Gasteiger charge is -2.11. The first-order valence-electron chi connectivity index (χ1n) is 5.68. The highest BCUT2D eigenvalue weighted by Crippen LogP contribution is 2.32. The van der Waals surface area contributed by atoms with Gasteiger partial charge in [0.25, 0.3) is 0 Å². The zero-order valence-corrected chi connectivity index (χ0v) is 13.0. The SMILES string of the molecule is COc1ccc(NC(=S)c2cc(Br)c(O)cc2O)cc1. The molecule has 0 fully saturated rings. The molecule has 0 aromatic heterocycles. The molecule has 0 spiro atoms. The number of phenolic OH excluding ortho intramolecular Hbond substituents is 2. The van der Waals surface area contributed by atoms with Crippen molar-refractivity contribution in [2.45, 2.75) is 0 Å². The van der Waals surface area contributed by atoms with Gasteiger partial charge in [-0.05, 0) is 46.3 Å². The zero-order valence-electron chi connectivity index (χ0n) is 10.6. The van der Waals surface area contributed by atoms with Crippen molar-refractivity contribution in [2.24, 2.45) is 0 Å². The highest BCUT2D eigenvalue weighted by Gasteiger charge is 2.11. The van der Waals surface area contributed by atoms with E-state index >= 15 is 0 Å². The van der Waals surface area contributed by atoms with Crippen molar-refractivity contribution >= 4 is 38.8 Å². The summed E-state index contributed by atoms with van der Waals surface area (Å²) in [5.41, 5.74) is 1.21. The molecule has 0 aliphatic carbocycles. The molecule has 0 atom stereocenters. The standard InChI is InChI=1S/C14H12BrNO3S/c1-19-9-4-2-8(3-5-9)16-14(20)10-6-11(15)13(18)7-12(10)17/h2-7,17-18H,1H3,(H,16,20). The number of thiocarbonyl (C=S) groups is 1. The highest BCUT2D eigenvalue weighted by molar-refractivity contribution is 9.10. The van der Waals surface area contributed by atoms with E-state index in [4.69, 9.17) is 17.0 Å². The predicted molar refractivity (Wildman–Crippen MR) is 85.8 cm³/mol. The van der Waals surface area contributed by atoms with E-state index < -0.39 is 0 Å². The van der Waals surface area contributed by atoms with Crippen LogP contribution < -0.4 is 10.1 Å². The van der Waals surface area contributed by atoms with E-state index in [2.05, 4.69) is 21.2 Å². The Bertz CT molecular complexity index is 644. The van der Waals surface area contributed by atoms with Crippen LogP contribution in [0.5, 0.6) is 17.2 Å². The van der Waals surface area contributed by atoms with Crippen LogP contribution in [0.3, 0.4) is 0 Å². The monoisotopic (exact) mass is 353 g/mol. The third-order valence-electron chi connectivity index (χ3n) is 2.66. The highest BCUT2D eigenvalue weighted by atomic mass is 79.9. The van der Waals surface area contributed by atoms with Gasteiger partial charge in [0.05, 0.1) is 17.1 Å². The van der Waals surface area contributed by atoms with Gasteiger partial charge in [0.1, 0.15) is 22.2 Å². The van der Waals surface area contributed by atoms with E-state index in [1.165, 1.54) is 6.07 Å². The Hall–Kier alpha value is -1.79. The van der Waals surface area contributed by atoms with Crippen molar-refractivity contribution in [2.75, 3.05) is 12.4 Å². The van der Waals surface area contributed by atoms with Gasteiger partial charge in [-0.2, -0.15) is 0 Å². The molecule has 2 aromatic rings. The van der Waals surface area contributed by atoms with Crippen LogP contribution in [-0.4, -0.2) is 22.3 Å². The first-order valence-corrected chi connectivity index (χ1v) is 6.88. The number of halogens is 1. The number of ether oxygens (including phenoxy) is 1. The number of nitrogens with one attached hydrogen (secondary N) is 1. The largest absolute Gasteiger partial charge is 0.507 e. The summed E-state index contributed by atoms with van der Waals surface area (Å²) in [5, 5.41) is 22.3. The Morgan fingerprint density at radius 2 is 1.80 bits per heavy atom. The Kier molecular flexibility index (Phi) is 4.46. The van der Waals surface area contributed by atoms with E-state index in [1.54, 1.807) is 25.3 Å². The molecule has 0 heterocycles. The fourth-order valence-electron chi connectivity index (χ4n) is 1.61. The molecule has 0 saturated carbocycles. The quantitative estimate of drug-likeness (QED) is 0.735. The molecule has 0 aliphatic rings. The molecule has 2 aromatic carbocycles. The molecule has 20 heavy (non-hydrogen) atoms. The van der Waals surface area contributed by atoms with Crippen molar-refractivity contribution in [3.8, 4) is 17.2 Å². The Balaban J connectivity index is 2.21. The van der Waals surface area contributed by atoms with Crippen molar-refractivity contribution in [3.63, 3.8) is 0 Å². The van der Waals surface area contributed by atoms with Gasteiger partial charge in [-0.3, -0.25) is 0 Å². The number of anilines is 1. The number of phenols is 2. The lowest BCUT2D eigenvalue weighted by molar-refractivity contribution is 0.415. The topological polar surface area (TPSA) is 61.7 Å². The molecule has 0 aliphatic heterocycles. The summed E-state index contributed by atoms with van der Waals surface area (Å²) >= 11 is 8.44. The first kappa shape index (κ1) is 14.6. The summed E-state index contributed by atoms with van der Waals surface area (Å²) < 4.78 is 5.53. The Morgan fingerprint density at radius 1 is 1.15 bits per heavy atom. The molecule has 3 N–H and O–H groups in total. The van der Waals surface area contributed by atoms with E-state index in [0.29, 0.717) is 15.0 Å². The van der Waals surface area contributed by atoms with Crippen LogP contribution >= 0.6 is 28.1 Å². The van der Waals surface area contributed by atoms with Crippen LogP contribution in [0.2, 0.25) is 0 Å². The predicted octanol–water partition coefficient (Wildman–Crippen LogP) is 3.66. The minimum Gasteiger partial charge on any atom is -0.507 e. The maximum atomic E-state index is 9.82. The van der Waals surface area contributed by atoms with Gasteiger partial charge in [0.15, 0.2) is 0 Å². The average Bonchev–Trinajstić information content (AvgIpc) is 2.43. The Labute approximate surface area is 130 Å². The average molecular weight is 354 g/mol. The number of hydrogen-bond donors (Lipinski definition) is 3. The third-order valence-corrected chi connectivity index (χ3v) is 3.61. The van der Waals surface area contributed by atoms with Crippen molar-refractivity contribution in [1.82, 2.24) is 0 Å². The van der Waals surface area contributed by atoms with Gasteiger partial charge in [-0.25, -0.2) is 0 Å². The number of rotatable bonds is 3. The van der Waals surface area contributed by atoms with Crippen LogP contribution in [0.15, 0.2) is 40.9 Å². The van der Waals surface area contributed by atoms with Crippen LogP contribution in [0, 0.1) is 0 Å². The molecule has 0 radical (unpaired) electrons. The molecule has 104 valence electrons. The molecule has 0 amide bonds. The van der Waals surface area contributed by atoms with Gasteiger partial charge >= 0.3 is 0 Å². The fourth-order valence-corrected chi connectivity index (χ4v) is 2.23. The van der Waals surface area contributed by atoms with E-state index in [9.17, 15) is 10.2 Å². The third kappa shape index (κ3) is 3.20. The summed E-state index contributed by atoms with van der Waals surface area (Å²) in [6.07, 6.45) is 0. The van der Waals surface area contributed by atoms with Crippen molar-refractivity contribution in [3.05, 3.63) is 46.4 Å². The molecule has 0 bridgehead atoms. The molecule has 0 saturated heterocycles. The van der Waals surface area contributed by atoms with Gasteiger partial charge in [-0.1, -0.05) is 12.2 Å². The van der Waals surface area contributed by atoms with Crippen LogP contribution in [0.25, 0.3) is 0 Å². The van der Waals surface area contributed by atoms with Gasteiger partial charge < -0.3 is 20.3 Å². The first-order chi connectivity index (χ1) is 9.51. The maximum Gasteiger partial charge on any atom is 0.133 e. The summed E-state index contributed by atoms with van der Waals surface area (Å²) in [5.74, 6) is 0.618. The van der Waals surface area contributed by atoms with Gasteiger partial charge in [-0.15, -0.1) is 0 Å². The lowest BCUT2D eigenvalue weighted by Crippen LogP contribution is -2.10. The molecule has 6 heteroatoms. The van der Waals surface area contributed by atoms with Gasteiger partial charge in [0, 0.05) is 11.8 Å². The lowest BCUT2D eigenvalue weighted by atomic mass is 10.2. The van der Waals surface area contributed by atoms with Crippen molar-refractivity contribution in [1.29, 1.82) is 0 Å². The smallest absolute Gasteiger partial charge is 0.133 e. The minimum absolute atomic E-state index is 0.0431. The molecule has 4 nitrogen and oxygen atoms in total. The maximum absolute atomic E-state index is 9.82. The number of benzene rings is 2. The molecule has 2 rings (SSSR count). The second-order valence-corrected chi connectivity index (χ2v) is 5.27. The summed E-state index contributed by atoms with van der Waals surface area (Å²) in [4.78, 5) is 0.355. The summed E-state index contributed by atoms with van der Waals surface area (Å²) in [6, 6.07) is 10.0. The summed E-state index contributed by atoms with van der Waals surface area (Å²) in [7, 11) is 1.60. The number of methoxy groups -OCH3 is 1. The van der Waals surface area contributed by atoms with Gasteiger partial charge in [0.2, 0.25) is 0 Å². The summed E-state index contributed by atoms with van der Waals surface area (Å²) in [6.45, 7) is 0. The Morgan fingerprint density at radius 3 is 2.40 bits per heavy atom. The fraction of sp³-hybridized carbons (Fsp3) is 0.0714. The second kappa shape index (κ2) is 6.11. The minimum atomic E-state index is -0.0864.